The van der Waals surface area contributed by atoms with E-state index in [2.05, 4.69) is 22.4 Å². The summed E-state index contributed by atoms with van der Waals surface area (Å²) in [6.07, 6.45) is 1.98. The van der Waals surface area contributed by atoms with Crippen molar-refractivity contribution < 1.29 is 9.26 Å². The first-order valence-electron chi connectivity index (χ1n) is 6.01. The lowest BCUT2D eigenvalue weighted by atomic mass is 10.0. The zero-order valence-corrected chi connectivity index (χ0v) is 9.90. The standard InChI is InChI=1S/C11H19N3O2/c1-3-5-9(15-4-2)10-13-11(16-14-10)8-6-12-7-8/h8-9,12H,3-7H2,1-2H3. The lowest BCUT2D eigenvalue weighted by Gasteiger charge is -2.22. The monoisotopic (exact) mass is 225 g/mol. The van der Waals surface area contributed by atoms with Crippen molar-refractivity contribution in [3.05, 3.63) is 11.7 Å². The SMILES string of the molecule is CCCC(OCC)c1noc(C2CNC2)n1. The Labute approximate surface area is 95.6 Å². The van der Waals surface area contributed by atoms with Crippen LogP contribution in [0, 0.1) is 0 Å². The van der Waals surface area contributed by atoms with Crippen LogP contribution >= 0.6 is 0 Å². The van der Waals surface area contributed by atoms with Gasteiger partial charge in [-0.05, 0) is 13.3 Å². The molecule has 0 bridgehead atoms. The molecule has 1 aromatic rings. The predicted octanol–water partition coefficient (Wildman–Crippen LogP) is 1.63. The van der Waals surface area contributed by atoms with Gasteiger partial charge in [-0.2, -0.15) is 4.98 Å². The molecule has 1 unspecified atom stereocenters. The van der Waals surface area contributed by atoms with E-state index in [0.717, 1.165) is 31.8 Å². The van der Waals surface area contributed by atoms with Gasteiger partial charge >= 0.3 is 0 Å². The van der Waals surface area contributed by atoms with E-state index in [4.69, 9.17) is 9.26 Å². The molecule has 0 saturated carbocycles. The molecule has 1 aliphatic heterocycles. The fraction of sp³-hybridized carbons (Fsp3) is 0.818. The van der Waals surface area contributed by atoms with Crippen LogP contribution in [0.2, 0.25) is 0 Å². The third-order valence-electron chi connectivity index (χ3n) is 2.79. The zero-order valence-electron chi connectivity index (χ0n) is 9.90. The van der Waals surface area contributed by atoms with E-state index in [1.165, 1.54) is 0 Å². The van der Waals surface area contributed by atoms with Gasteiger partial charge < -0.3 is 14.6 Å². The van der Waals surface area contributed by atoms with Crippen molar-refractivity contribution in [2.24, 2.45) is 0 Å². The van der Waals surface area contributed by atoms with Crippen molar-refractivity contribution in [1.29, 1.82) is 0 Å². The summed E-state index contributed by atoms with van der Waals surface area (Å²) in [6.45, 7) is 6.67. The van der Waals surface area contributed by atoms with Crippen LogP contribution in [0.25, 0.3) is 0 Å². The average molecular weight is 225 g/mol. The maximum atomic E-state index is 5.61. The molecule has 1 N–H and O–H groups in total. The fourth-order valence-electron chi connectivity index (χ4n) is 1.76. The van der Waals surface area contributed by atoms with E-state index >= 15 is 0 Å². The van der Waals surface area contributed by atoms with E-state index in [0.29, 0.717) is 18.3 Å². The van der Waals surface area contributed by atoms with Crippen LogP contribution < -0.4 is 5.32 Å². The third kappa shape index (κ3) is 2.41. The van der Waals surface area contributed by atoms with Gasteiger partial charge in [-0.25, -0.2) is 0 Å². The normalized spacial score (nSPS) is 18.4. The van der Waals surface area contributed by atoms with Crippen LogP contribution in [0.3, 0.4) is 0 Å². The molecule has 1 saturated heterocycles. The number of ether oxygens (including phenoxy) is 1. The molecular weight excluding hydrogens is 206 g/mol. The second-order valence-electron chi connectivity index (χ2n) is 4.08. The number of nitrogens with zero attached hydrogens (tertiary/aromatic N) is 2. The maximum Gasteiger partial charge on any atom is 0.232 e. The smallest absolute Gasteiger partial charge is 0.232 e. The third-order valence-corrected chi connectivity index (χ3v) is 2.79. The highest BCUT2D eigenvalue weighted by Gasteiger charge is 2.26. The molecule has 16 heavy (non-hydrogen) atoms. The number of nitrogens with one attached hydrogen (secondary N) is 1. The van der Waals surface area contributed by atoms with Gasteiger partial charge in [0.2, 0.25) is 11.7 Å². The Morgan fingerprint density at radius 3 is 2.88 bits per heavy atom. The van der Waals surface area contributed by atoms with E-state index < -0.39 is 0 Å². The second-order valence-corrected chi connectivity index (χ2v) is 4.08. The Balaban J connectivity index is 2.02. The van der Waals surface area contributed by atoms with E-state index in [-0.39, 0.29) is 6.10 Å². The van der Waals surface area contributed by atoms with Gasteiger partial charge in [-0.3, -0.25) is 0 Å². The van der Waals surface area contributed by atoms with Crippen LogP contribution in [-0.2, 0) is 4.74 Å². The first-order chi connectivity index (χ1) is 7.85. The predicted molar refractivity (Wildman–Crippen MR) is 59.2 cm³/mol. The first kappa shape index (κ1) is 11.5. The highest BCUT2D eigenvalue weighted by molar-refractivity contribution is 5.02. The van der Waals surface area contributed by atoms with Crippen molar-refractivity contribution in [3.63, 3.8) is 0 Å². The molecular formula is C11H19N3O2. The van der Waals surface area contributed by atoms with Crippen molar-refractivity contribution >= 4 is 0 Å². The van der Waals surface area contributed by atoms with Gasteiger partial charge in [-0.1, -0.05) is 18.5 Å². The maximum absolute atomic E-state index is 5.61. The van der Waals surface area contributed by atoms with Crippen molar-refractivity contribution in [3.8, 4) is 0 Å². The highest BCUT2D eigenvalue weighted by atomic mass is 16.5. The molecule has 0 spiro atoms. The van der Waals surface area contributed by atoms with Gasteiger partial charge in [0.15, 0.2) is 0 Å². The Morgan fingerprint density at radius 1 is 1.50 bits per heavy atom. The first-order valence-corrected chi connectivity index (χ1v) is 6.01. The van der Waals surface area contributed by atoms with Crippen LogP contribution in [-0.4, -0.2) is 29.8 Å². The summed E-state index contributed by atoms with van der Waals surface area (Å²) in [6, 6.07) is 0. The van der Waals surface area contributed by atoms with Gasteiger partial charge in [-0.15, -0.1) is 0 Å². The Kier molecular flexibility index (Phi) is 3.90. The molecule has 1 aliphatic rings. The number of aromatic nitrogens is 2. The molecule has 0 aromatic carbocycles. The topological polar surface area (TPSA) is 60.2 Å². The van der Waals surface area contributed by atoms with Crippen LogP contribution in [0.1, 0.15) is 50.4 Å². The minimum atomic E-state index is -0.0134. The minimum Gasteiger partial charge on any atom is -0.370 e. The largest absolute Gasteiger partial charge is 0.370 e. The van der Waals surface area contributed by atoms with E-state index in [1.807, 2.05) is 6.92 Å². The molecule has 90 valence electrons. The lowest BCUT2D eigenvalue weighted by molar-refractivity contribution is 0.0477. The Hall–Kier alpha value is -0.940. The highest BCUT2D eigenvalue weighted by Crippen LogP contribution is 2.23. The fourth-order valence-corrected chi connectivity index (χ4v) is 1.76. The molecule has 1 atom stereocenters. The molecule has 0 amide bonds. The summed E-state index contributed by atoms with van der Waals surface area (Å²) in [7, 11) is 0. The van der Waals surface area contributed by atoms with Crippen LogP contribution in [0.4, 0.5) is 0 Å². The summed E-state index contributed by atoms with van der Waals surface area (Å²) in [5.41, 5.74) is 0. The zero-order chi connectivity index (χ0) is 11.4. The van der Waals surface area contributed by atoms with Crippen LogP contribution in [0.5, 0.6) is 0 Å². The summed E-state index contributed by atoms with van der Waals surface area (Å²) in [5.74, 6) is 1.84. The van der Waals surface area contributed by atoms with Gasteiger partial charge in [0.1, 0.15) is 6.10 Å². The molecule has 1 aromatic heterocycles. The molecule has 0 aliphatic carbocycles. The van der Waals surface area contributed by atoms with Crippen molar-refractivity contribution in [1.82, 2.24) is 15.5 Å². The Morgan fingerprint density at radius 2 is 2.31 bits per heavy atom. The van der Waals surface area contributed by atoms with Crippen LogP contribution in [0.15, 0.2) is 4.52 Å². The molecule has 0 radical (unpaired) electrons. The summed E-state index contributed by atoms with van der Waals surface area (Å²) < 4.78 is 10.9. The molecule has 5 nitrogen and oxygen atoms in total. The number of hydrogen-bond acceptors (Lipinski definition) is 5. The molecule has 2 heterocycles. The number of rotatable bonds is 6. The summed E-state index contributed by atoms with van der Waals surface area (Å²) in [4.78, 5) is 4.43. The number of hydrogen-bond donors (Lipinski definition) is 1. The lowest BCUT2D eigenvalue weighted by Crippen LogP contribution is -2.40. The summed E-state index contributed by atoms with van der Waals surface area (Å²) >= 11 is 0. The molecule has 1 fully saturated rings. The molecule has 5 heteroatoms. The van der Waals surface area contributed by atoms with E-state index in [1.54, 1.807) is 0 Å². The quantitative estimate of drug-likeness (QED) is 0.797. The second kappa shape index (κ2) is 5.41. The van der Waals surface area contributed by atoms with Gasteiger partial charge in [0, 0.05) is 19.7 Å². The van der Waals surface area contributed by atoms with Gasteiger partial charge in [0.05, 0.1) is 5.92 Å². The Bertz CT molecular complexity index is 317. The van der Waals surface area contributed by atoms with Gasteiger partial charge in [0.25, 0.3) is 0 Å². The average Bonchev–Trinajstić information content (AvgIpc) is 2.64. The van der Waals surface area contributed by atoms with Crippen molar-refractivity contribution in [2.75, 3.05) is 19.7 Å². The van der Waals surface area contributed by atoms with E-state index in [9.17, 15) is 0 Å². The molecule has 2 rings (SSSR count). The summed E-state index contributed by atoms with van der Waals surface area (Å²) in [5, 5.41) is 7.21. The minimum absolute atomic E-state index is 0.0134. The van der Waals surface area contributed by atoms with Crippen molar-refractivity contribution in [2.45, 2.75) is 38.7 Å².